The first-order chi connectivity index (χ1) is 14.9. The van der Waals surface area contributed by atoms with E-state index in [9.17, 15) is 18.0 Å². The molecule has 0 fully saturated rings. The SMILES string of the molecule is CCOc1ncccc1C(=O)OCC(=O)Nc1cccc(S(=O)(=O)NC2=NCCC2)c1. The average molecular weight is 446 g/mol. The molecule has 10 nitrogen and oxygen atoms in total. The van der Waals surface area contributed by atoms with Crippen molar-refractivity contribution in [3.05, 3.63) is 48.2 Å². The van der Waals surface area contributed by atoms with Crippen molar-refractivity contribution < 1.29 is 27.5 Å². The molecule has 0 atom stereocenters. The molecule has 2 N–H and O–H groups in total. The number of anilines is 1. The summed E-state index contributed by atoms with van der Waals surface area (Å²) in [6.07, 6.45) is 2.85. The Balaban J connectivity index is 1.60. The number of amidine groups is 1. The number of hydrogen-bond donors (Lipinski definition) is 2. The molecule has 1 aromatic carbocycles. The number of aromatic nitrogens is 1. The van der Waals surface area contributed by atoms with Crippen LogP contribution in [0.4, 0.5) is 5.69 Å². The van der Waals surface area contributed by atoms with Crippen molar-refractivity contribution in [3.63, 3.8) is 0 Å². The van der Waals surface area contributed by atoms with Crippen molar-refractivity contribution in [1.29, 1.82) is 0 Å². The van der Waals surface area contributed by atoms with Crippen LogP contribution in [0.1, 0.15) is 30.1 Å². The number of rotatable bonds is 8. The highest BCUT2D eigenvalue weighted by Gasteiger charge is 2.19. The third-order valence-corrected chi connectivity index (χ3v) is 5.54. The monoisotopic (exact) mass is 446 g/mol. The molecule has 0 spiro atoms. The second-order valence-electron chi connectivity index (χ2n) is 6.48. The summed E-state index contributed by atoms with van der Waals surface area (Å²) in [7, 11) is -3.81. The molecule has 0 radical (unpaired) electrons. The molecule has 2 heterocycles. The summed E-state index contributed by atoms with van der Waals surface area (Å²) in [6, 6.07) is 8.78. The van der Waals surface area contributed by atoms with E-state index in [4.69, 9.17) is 9.47 Å². The van der Waals surface area contributed by atoms with Crippen molar-refractivity contribution in [2.45, 2.75) is 24.7 Å². The van der Waals surface area contributed by atoms with Crippen LogP contribution < -0.4 is 14.8 Å². The van der Waals surface area contributed by atoms with Crippen LogP contribution in [0, 0.1) is 0 Å². The Bertz CT molecular complexity index is 1100. The van der Waals surface area contributed by atoms with Gasteiger partial charge in [-0.25, -0.2) is 18.2 Å². The number of nitrogens with one attached hydrogen (secondary N) is 2. The third kappa shape index (κ3) is 6.01. The molecular weight excluding hydrogens is 424 g/mol. The molecule has 164 valence electrons. The lowest BCUT2D eigenvalue weighted by molar-refractivity contribution is -0.119. The number of ether oxygens (including phenoxy) is 2. The minimum atomic E-state index is -3.81. The predicted molar refractivity (Wildman–Crippen MR) is 113 cm³/mol. The van der Waals surface area contributed by atoms with Gasteiger partial charge in [-0.2, -0.15) is 0 Å². The van der Waals surface area contributed by atoms with E-state index in [1.54, 1.807) is 13.0 Å². The lowest BCUT2D eigenvalue weighted by Gasteiger charge is -2.11. The number of pyridine rings is 1. The van der Waals surface area contributed by atoms with Crippen LogP contribution in [0.2, 0.25) is 0 Å². The van der Waals surface area contributed by atoms with Gasteiger partial charge in [0.15, 0.2) is 6.61 Å². The Labute approximate surface area is 179 Å². The van der Waals surface area contributed by atoms with Crippen LogP contribution in [0.25, 0.3) is 0 Å². The van der Waals surface area contributed by atoms with Gasteiger partial charge in [0.05, 0.1) is 11.5 Å². The van der Waals surface area contributed by atoms with E-state index in [0.29, 0.717) is 25.4 Å². The summed E-state index contributed by atoms with van der Waals surface area (Å²) in [5.41, 5.74) is 0.347. The van der Waals surface area contributed by atoms with Crippen LogP contribution in [-0.4, -0.2) is 50.9 Å². The molecule has 1 aliphatic rings. The maximum absolute atomic E-state index is 12.5. The van der Waals surface area contributed by atoms with Gasteiger partial charge in [0, 0.05) is 24.8 Å². The minimum Gasteiger partial charge on any atom is -0.477 e. The number of nitrogens with zero attached hydrogens (tertiary/aromatic N) is 2. The van der Waals surface area contributed by atoms with Crippen molar-refractivity contribution in [1.82, 2.24) is 9.71 Å². The quantitative estimate of drug-likeness (QED) is 0.590. The fourth-order valence-electron chi connectivity index (χ4n) is 2.78. The topological polar surface area (TPSA) is 136 Å². The molecule has 1 aliphatic heterocycles. The second-order valence-corrected chi connectivity index (χ2v) is 8.16. The molecule has 1 aromatic heterocycles. The number of carbonyl (C=O) groups excluding carboxylic acids is 2. The highest BCUT2D eigenvalue weighted by Crippen LogP contribution is 2.17. The average Bonchev–Trinajstić information content (AvgIpc) is 3.25. The molecule has 0 bridgehead atoms. The lowest BCUT2D eigenvalue weighted by Crippen LogP contribution is -2.29. The molecule has 1 amide bonds. The molecule has 31 heavy (non-hydrogen) atoms. The Morgan fingerprint density at radius 3 is 2.77 bits per heavy atom. The van der Waals surface area contributed by atoms with Gasteiger partial charge in [-0.15, -0.1) is 0 Å². The number of esters is 1. The number of aliphatic imine (C=N–C) groups is 1. The smallest absolute Gasteiger partial charge is 0.344 e. The summed E-state index contributed by atoms with van der Waals surface area (Å²) in [4.78, 5) is 32.4. The van der Waals surface area contributed by atoms with Crippen molar-refractivity contribution >= 4 is 33.4 Å². The number of sulfonamides is 1. The summed E-state index contributed by atoms with van der Waals surface area (Å²) in [5, 5.41) is 2.51. The maximum Gasteiger partial charge on any atom is 0.344 e. The largest absolute Gasteiger partial charge is 0.477 e. The molecule has 3 rings (SSSR count). The normalized spacial score (nSPS) is 13.3. The third-order valence-electron chi connectivity index (χ3n) is 4.16. The van der Waals surface area contributed by atoms with E-state index >= 15 is 0 Å². The highest BCUT2D eigenvalue weighted by atomic mass is 32.2. The van der Waals surface area contributed by atoms with Gasteiger partial charge in [-0.3, -0.25) is 14.5 Å². The van der Waals surface area contributed by atoms with Crippen LogP contribution in [0.5, 0.6) is 5.88 Å². The van der Waals surface area contributed by atoms with Gasteiger partial charge < -0.3 is 14.8 Å². The molecule has 0 aliphatic carbocycles. The Hall–Kier alpha value is -3.47. The van der Waals surface area contributed by atoms with Crippen LogP contribution >= 0.6 is 0 Å². The fourth-order valence-corrected chi connectivity index (χ4v) is 3.92. The zero-order valence-corrected chi connectivity index (χ0v) is 17.6. The fraction of sp³-hybridized carbons (Fsp3) is 0.300. The van der Waals surface area contributed by atoms with Gasteiger partial charge in [0.2, 0.25) is 5.88 Å². The molecular formula is C20H22N4O6S. The number of amides is 1. The van der Waals surface area contributed by atoms with Crippen LogP contribution in [0.3, 0.4) is 0 Å². The van der Waals surface area contributed by atoms with Gasteiger partial charge in [0.25, 0.3) is 15.9 Å². The summed E-state index contributed by atoms with van der Waals surface area (Å²) in [6.45, 7) is 2.10. The predicted octanol–water partition coefficient (Wildman–Crippen LogP) is 1.75. The van der Waals surface area contributed by atoms with E-state index in [1.165, 1.54) is 36.5 Å². The van der Waals surface area contributed by atoms with E-state index in [1.807, 2.05) is 0 Å². The zero-order valence-electron chi connectivity index (χ0n) is 16.8. The minimum absolute atomic E-state index is 0.0198. The maximum atomic E-state index is 12.5. The van der Waals surface area contributed by atoms with Gasteiger partial charge in [-0.05, 0) is 43.7 Å². The number of carbonyl (C=O) groups is 2. The summed E-state index contributed by atoms with van der Waals surface area (Å²) < 4.78 is 37.7. The Morgan fingerprint density at radius 1 is 1.19 bits per heavy atom. The zero-order chi connectivity index (χ0) is 22.3. The molecule has 2 aromatic rings. The first kappa shape index (κ1) is 22.2. The van der Waals surface area contributed by atoms with Crippen LogP contribution in [0.15, 0.2) is 52.5 Å². The van der Waals surface area contributed by atoms with Crippen molar-refractivity contribution in [2.75, 3.05) is 25.1 Å². The van der Waals surface area contributed by atoms with Gasteiger partial charge in [0.1, 0.15) is 11.4 Å². The number of benzene rings is 1. The molecule has 0 saturated heterocycles. The molecule has 11 heteroatoms. The van der Waals surface area contributed by atoms with Gasteiger partial charge in [-0.1, -0.05) is 6.07 Å². The standard InChI is InChI=1S/C20H22N4O6S/c1-2-29-19-16(8-4-11-22-19)20(26)30-13-18(25)23-14-6-3-7-15(12-14)31(27,28)24-17-9-5-10-21-17/h3-4,6-8,11-12H,2,5,9-10,13H2,1H3,(H,21,24)(H,23,25). The molecule has 0 saturated carbocycles. The summed E-state index contributed by atoms with van der Waals surface area (Å²) >= 11 is 0. The Morgan fingerprint density at radius 2 is 2.03 bits per heavy atom. The first-order valence-corrected chi connectivity index (χ1v) is 11.1. The van der Waals surface area contributed by atoms with Crippen molar-refractivity contribution in [2.24, 2.45) is 4.99 Å². The van der Waals surface area contributed by atoms with E-state index < -0.39 is 28.5 Å². The van der Waals surface area contributed by atoms with Crippen LogP contribution in [-0.2, 0) is 19.6 Å². The molecule has 0 unspecified atom stereocenters. The van der Waals surface area contributed by atoms with Gasteiger partial charge >= 0.3 is 5.97 Å². The summed E-state index contributed by atoms with van der Waals surface area (Å²) in [5.74, 6) is -0.849. The lowest BCUT2D eigenvalue weighted by atomic mass is 10.3. The van der Waals surface area contributed by atoms with E-state index in [2.05, 4.69) is 20.0 Å². The second kappa shape index (κ2) is 10.0. The highest BCUT2D eigenvalue weighted by molar-refractivity contribution is 7.90. The van der Waals surface area contributed by atoms with E-state index in [-0.39, 0.29) is 22.0 Å². The Kier molecular flexibility index (Phi) is 7.19. The first-order valence-electron chi connectivity index (χ1n) is 9.60. The van der Waals surface area contributed by atoms with E-state index in [0.717, 1.165) is 6.42 Å². The van der Waals surface area contributed by atoms with Crippen molar-refractivity contribution in [3.8, 4) is 5.88 Å². The number of hydrogen-bond acceptors (Lipinski definition) is 8.